The molecule has 0 aromatic heterocycles. The predicted molar refractivity (Wildman–Crippen MR) is 111 cm³/mol. The van der Waals surface area contributed by atoms with Crippen LogP contribution in [0.2, 0.25) is 5.02 Å². The number of oxime groups is 1. The van der Waals surface area contributed by atoms with Gasteiger partial charge in [-0.1, -0.05) is 60.9 Å². The van der Waals surface area contributed by atoms with Gasteiger partial charge in [-0.15, -0.1) is 0 Å². The number of ether oxygens (including phenoxy) is 1. The van der Waals surface area contributed by atoms with Crippen molar-refractivity contribution in [2.24, 2.45) is 11.1 Å². The van der Waals surface area contributed by atoms with E-state index in [0.717, 1.165) is 22.6 Å². The van der Waals surface area contributed by atoms with E-state index in [-0.39, 0.29) is 17.9 Å². The van der Waals surface area contributed by atoms with E-state index >= 15 is 0 Å². The van der Waals surface area contributed by atoms with Crippen LogP contribution in [0.15, 0.2) is 53.7 Å². The Morgan fingerprint density at radius 2 is 2.07 bits per heavy atom. The van der Waals surface area contributed by atoms with Crippen LogP contribution in [-0.4, -0.2) is 36.3 Å². The van der Waals surface area contributed by atoms with Gasteiger partial charge in [-0.2, -0.15) is 0 Å². The van der Waals surface area contributed by atoms with E-state index in [9.17, 15) is 4.79 Å². The Morgan fingerprint density at radius 1 is 1.29 bits per heavy atom. The molecule has 2 aromatic rings. The van der Waals surface area contributed by atoms with Crippen molar-refractivity contribution in [3.63, 3.8) is 0 Å². The van der Waals surface area contributed by atoms with Crippen molar-refractivity contribution < 1.29 is 14.4 Å². The average molecular weight is 401 g/mol. The molecule has 1 amide bonds. The van der Waals surface area contributed by atoms with Gasteiger partial charge in [0.2, 0.25) is 5.91 Å². The molecule has 0 N–H and O–H groups in total. The number of methoxy groups -OCH3 is 1. The third-order valence-corrected chi connectivity index (χ3v) is 4.98. The highest BCUT2D eigenvalue weighted by Gasteiger charge is 2.28. The molecule has 0 saturated heterocycles. The smallest absolute Gasteiger partial charge is 0.225 e. The van der Waals surface area contributed by atoms with Gasteiger partial charge in [0.1, 0.15) is 5.75 Å². The van der Waals surface area contributed by atoms with Gasteiger partial charge in [0.15, 0.2) is 6.10 Å². The molecular weight excluding hydrogens is 376 g/mol. The zero-order chi connectivity index (χ0) is 20.1. The maximum absolute atomic E-state index is 12.8. The lowest BCUT2D eigenvalue weighted by atomic mass is 10.0. The molecule has 1 aliphatic rings. The van der Waals surface area contributed by atoms with Gasteiger partial charge in [-0.25, -0.2) is 0 Å². The zero-order valence-electron chi connectivity index (χ0n) is 16.4. The SMILES string of the molecule is COc1cccc(CN(C[C@H]2CC(c3ccccc3Cl)=NO2)C(=O)C(C)C)c1. The molecular formula is C22H25ClN2O3. The van der Waals surface area contributed by atoms with E-state index in [1.54, 1.807) is 7.11 Å². The summed E-state index contributed by atoms with van der Waals surface area (Å²) in [5, 5.41) is 4.86. The Morgan fingerprint density at radius 3 is 2.79 bits per heavy atom. The molecule has 1 heterocycles. The topological polar surface area (TPSA) is 51.1 Å². The standard InChI is InChI=1S/C22H25ClN2O3/c1-15(2)22(26)25(13-16-7-6-8-17(11-16)27-3)14-18-12-21(24-28-18)19-9-4-5-10-20(19)23/h4-11,15,18H,12-14H2,1-3H3/t18-/m1/s1. The van der Waals surface area contributed by atoms with Crippen LogP contribution in [0.3, 0.4) is 0 Å². The van der Waals surface area contributed by atoms with Gasteiger partial charge in [-0.05, 0) is 23.8 Å². The molecule has 0 unspecified atom stereocenters. The molecule has 0 saturated carbocycles. The highest BCUT2D eigenvalue weighted by Crippen LogP contribution is 2.24. The van der Waals surface area contributed by atoms with Crippen LogP contribution in [0.1, 0.15) is 31.4 Å². The first-order valence-electron chi connectivity index (χ1n) is 9.37. The Hall–Kier alpha value is -2.53. The average Bonchev–Trinajstić information content (AvgIpc) is 3.15. The minimum absolute atomic E-state index is 0.0811. The third kappa shape index (κ3) is 4.84. The third-order valence-electron chi connectivity index (χ3n) is 4.65. The second-order valence-electron chi connectivity index (χ2n) is 7.17. The van der Waals surface area contributed by atoms with Crippen molar-refractivity contribution in [2.75, 3.05) is 13.7 Å². The lowest BCUT2D eigenvalue weighted by Crippen LogP contribution is -2.39. The fourth-order valence-electron chi connectivity index (χ4n) is 3.22. The number of nitrogens with zero attached hydrogens (tertiary/aromatic N) is 2. The highest BCUT2D eigenvalue weighted by atomic mass is 35.5. The zero-order valence-corrected chi connectivity index (χ0v) is 17.1. The first kappa shape index (κ1) is 20.2. The van der Waals surface area contributed by atoms with E-state index in [1.807, 2.05) is 67.3 Å². The molecule has 1 aliphatic heterocycles. The van der Waals surface area contributed by atoms with Crippen molar-refractivity contribution in [3.8, 4) is 5.75 Å². The molecule has 0 radical (unpaired) electrons. The number of amides is 1. The van der Waals surface area contributed by atoms with Crippen molar-refractivity contribution in [1.29, 1.82) is 0 Å². The van der Waals surface area contributed by atoms with Crippen LogP contribution in [0.4, 0.5) is 0 Å². The Labute approximate surface area is 170 Å². The number of carbonyl (C=O) groups excluding carboxylic acids is 1. The second-order valence-corrected chi connectivity index (χ2v) is 7.58. The molecule has 0 spiro atoms. The molecule has 3 rings (SSSR count). The lowest BCUT2D eigenvalue weighted by molar-refractivity contribution is -0.136. The fourth-order valence-corrected chi connectivity index (χ4v) is 3.46. The summed E-state index contributed by atoms with van der Waals surface area (Å²) in [5.74, 6) is 0.754. The van der Waals surface area contributed by atoms with Crippen LogP contribution < -0.4 is 4.74 Å². The minimum atomic E-state index is -0.195. The predicted octanol–water partition coefficient (Wildman–Crippen LogP) is 4.53. The van der Waals surface area contributed by atoms with E-state index in [2.05, 4.69) is 5.16 Å². The number of hydrogen-bond acceptors (Lipinski definition) is 4. The molecule has 1 atom stereocenters. The highest BCUT2D eigenvalue weighted by molar-refractivity contribution is 6.34. The monoisotopic (exact) mass is 400 g/mol. The Kier molecular flexibility index (Phi) is 6.57. The molecule has 6 heteroatoms. The van der Waals surface area contributed by atoms with Crippen molar-refractivity contribution in [2.45, 2.75) is 32.9 Å². The van der Waals surface area contributed by atoms with Crippen molar-refractivity contribution >= 4 is 23.2 Å². The van der Waals surface area contributed by atoms with Gasteiger partial charge < -0.3 is 14.5 Å². The van der Waals surface area contributed by atoms with Crippen molar-refractivity contribution in [1.82, 2.24) is 4.90 Å². The second kappa shape index (κ2) is 9.11. The number of rotatable bonds is 7. The van der Waals surface area contributed by atoms with Crippen LogP contribution in [0.5, 0.6) is 5.75 Å². The minimum Gasteiger partial charge on any atom is -0.497 e. The molecule has 28 heavy (non-hydrogen) atoms. The van der Waals surface area contributed by atoms with Gasteiger partial charge in [-0.3, -0.25) is 4.79 Å². The largest absolute Gasteiger partial charge is 0.497 e. The van der Waals surface area contributed by atoms with Crippen molar-refractivity contribution in [3.05, 3.63) is 64.7 Å². The van der Waals surface area contributed by atoms with Crippen LogP contribution in [0, 0.1) is 5.92 Å². The van der Waals surface area contributed by atoms with Crippen LogP contribution >= 0.6 is 11.6 Å². The van der Waals surface area contributed by atoms with Gasteiger partial charge in [0.05, 0.1) is 19.4 Å². The summed E-state index contributed by atoms with van der Waals surface area (Å²) in [6, 6.07) is 15.3. The summed E-state index contributed by atoms with van der Waals surface area (Å²) in [6.07, 6.45) is 0.420. The molecule has 0 fully saturated rings. The van der Waals surface area contributed by atoms with Crippen LogP contribution in [0.25, 0.3) is 0 Å². The Balaban J connectivity index is 1.70. The summed E-state index contributed by atoms with van der Waals surface area (Å²) in [6.45, 7) is 4.77. The number of halogens is 1. The summed E-state index contributed by atoms with van der Waals surface area (Å²) in [5.41, 5.74) is 2.70. The maximum Gasteiger partial charge on any atom is 0.225 e. The lowest BCUT2D eigenvalue weighted by Gasteiger charge is -2.26. The molecule has 0 bridgehead atoms. The van der Waals surface area contributed by atoms with E-state index in [1.165, 1.54) is 0 Å². The molecule has 148 valence electrons. The maximum atomic E-state index is 12.8. The number of carbonyl (C=O) groups is 1. The first-order chi connectivity index (χ1) is 13.5. The van der Waals surface area contributed by atoms with E-state index in [0.29, 0.717) is 24.5 Å². The summed E-state index contributed by atoms with van der Waals surface area (Å²) in [7, 11) is 1.64. The number of benzene rings is 2. The normalized spacial score (nSPS) is 15.9. The Bertz CT molecular complexity index is 866. The van der Waals surface area contributed by atoms with Gasteiger partial charge in [0, 0.05) is 29.5 Å². The quantitative estimate of drug-likeness (QED) is 0.686. The van der Waals surface area contributed by atoms with E-state index < -0.39 is 0 Å². The van der Waals surface area contributed by atoms with Crippen LogP contribution in [-0.2, 0) is 16.2 Å². The number of hydrogen-bond donors (Lipinski definition) is 0. The molecule has 2 aromatic carbocycles. The summed E-state index contributed by atoms with van der Waals surface area (Å²) >= 11 is 6.27. The summed E-state index contributed by atoms with van der Waals surface area (Å²) < 4.78 is 5.29. The fraction of sp³-hybridized carbons (Fsp3) is 0.364. The molecule has 5 nitrogen and oxygen atoms in total. The van der Waals surface area contributed by atoms with Gasteiger partial charge >= 0.3 is 0 Å². The first-order valence-corrected chi connectivity index (χ1v) is 9.75. The van der Waals surface area contributed by atoms with Gasteiger partial charge in [0.25, 0.3) is 0 Å². The molecule has 0 aliphatic carbocycles. The summed E-state index contributed by atoms with van der Waals surface area (Å²) in [4.78, 5) is 20.2. The van der Waals surface area contributed by atoms with E-state index in [4.69, 9.17) is 21.2 Å².